The quantitative estimate of drug-likeness (QED) is 0.617. The third-order valence-corrected chi connectivity index (χ3v) is 6.05. The molecule has 0 unspecified atom stereocenters. The lowest BCUT2D eigenvalue weighted by atomic mass is 10.0. The van der Waals surface area contributed by atoms with Crippen LogP contribution in [0.4, 0.5) is 13.2 Å². The molecular formula is C17H23F3O3S. The largest absolute Gasteiger partial charge is 0.416 e. The first kappa shape index (κ1) is 20.7. The minimum absolute atomic E-state index is 0.0335. The van der Waals surface area contributed by atoms with E-state index in [0.29, 0.717) is 24.8 Å². The highest BCUT2D eigenvalue weighted by Gasteiger charge is 2.30. The van der Waals surface area contributed by atoms with Gasteiger partial charge in [0.25, 0.3) is 0 Å². The molecule has 0 saturated carbocycles. The molecule has 0 spiro atoms. The second-order valence-electron chi connectivity index (χ2n) is 6.14. The lowest BCUT2D eigenvalue weighted by molar-refractivity contribution is -0.137. The van der Waals surface area contributed by atoms with Gasteiger partial charge in [-0.1, -0.05) is 24.6 Å². The fourth-order valence-corrected chi connectivity index (χ4v) is 3.29. The van der Waals surface area contributed by atoms with Gasteiger partial charge in [-0.25, -0.2) is 8.42 Å². The van der Waals surface area contributed by atoms with Crippen LogP contribution >= 0.6 is 0 Å². The van der Waals surface area contributed by atoms with Crippen LogP contribution in [0.15, 0.2) is 24.3 Å². The molecular weight excluding hydrogens is 341 g/mol. The number of rotatable bonds is 9. The number of alkyl halides is 3. The molecule has 1 aromatic carbocycles. The van der Waals surface area contributed by atoms with E-state index < -0.39 is 26.8 Å². The van der Waals surface area contributed by atoms with Crippen molar-refractivity contribution in [1.82, 2.24) is 0 Å². The number of hydrogen-bond donors (Lipinski definition) is 0. The van der Waals surface area contributed by atoms with Gasteiger partial charge in [0, 0.05) is 12.8 Å². The van der Waals surface area contributed by atoms with Gasteiger partial charge in [0.2, 0.25) is 0 Å². The molecule has 7 heteroatoms. The Morgan fingerprint density at radius 2 is 1.79 bits per heavy atom. The molecule has 3 nitrogen and oxygen atoms in total. The molecule has 0 saturated heterocycles. The van der Waals surface area contributed by atoms with Crippen LogP contribution in [0.25, 0.3) is 0 Å². The minimum atomic E-state index is -4.42. The monoisotopic (exact) mass is 364 g/mol. The highest BCUT2D eigenvalue weighted by molar-refractivity contribution is 7.91. The highest BCUT2D eigenvalue weighted by Crippen LogP contribution is 2.29. The van der Waals surface area contributed by atoms with E-state index in [1.807, 2.05) is 0 Å². The van der Waals surface area contributed by atoms with E-state index in [4.69, 9.17) is 0 Å². The summed E-state index contributed by atoms with van der Waals surface area (Å²) in [6.45, 7) is 3.27. The Labute approximate surface area is 141 Å². The maximum Gasteiger partial charge on any atom is 0.416 e. The number of Topliss-reactive ketones (excluding diaryl/α,β-unsaturated/α-hetero) is 1. The van der Waals surface area contributed by atoms with Gasteiger partial charge in [-0.15, -0.1) is 0 Å². The zero-order valence-electron chi connectivity index (χ0n) is 13.9. The van der Waals surface area contributed by atoms with Crippen molar-refractivity contribution in [2.75, 3.05) is 5.75 Å². The van der Waals surface area contributed by atoms with Crippen molar-refractivity contribution < 1.29 is 26.4 Å². The molecule has 0 radical (unpaired) electrons. The van der Waals surface area contributed by atoms with Gasteiger partial charge in [-0.2, -0.15) is 13.2 Å². The molecule has 0 bridgehead atoms. The standard InChI is InChI=1S/C17H23F3O3S/c1-13(2)24(22,23)10-5-3-4-9-16(21)12-14-7-6-8-15(11-14)17(18,19)20/h6-8,11,13H,3-5,9-10,12H2,1-2H3. The number of benzene rings is 1. The summed E-state index contributed by atoms with van der Waals surface area (Å²) < 4.78 is 61.1. The van der Waals surface area contributed by atoms with E-state index in [1.165, 1.54) is 12.1 Å². The van der Waals surface area contributed by atoms with Crippen LogP contribution in [0, 0.1) is 0 Å². The Bertz CT molecular complexity index is 649. The van der Waals surface area contributed by atoms with Crippen LogP contribution in [-0.4, -0.2) is 25.2 Å². The Kier molecular flexibility index (Phi) is 7.45. The van der Waals surface area contributed by atoms with Gasteiger partial charge in [0.05, 0.1) is 16.6 Å². The predicted octanol–water partition coefficient (Wildman–Crippen LogP) is 4.20. The van der Waals surface area contributed by atoms with Crippen molar-refractivity contribution in [2.45, 2.75) is 57.4 Å². The Hall–Kier alpha value is -1.37. The van der Waals surface area contributed by atoms with Gasteiger partial charge in [-0.05, 0) is 38.3 Å². The number of carbonyl (C=O) groups is 1. The zero-order valence-corrected chi connectivity index (χ0v) is 14.7. The average molecular weight is 364 g/mol. The molecule has 24 heavy (non-hydrogen) atoms. The molecule has 0 heterocycles. The first-order valence-corrected chi connectivity index (χ1v) is 9.63. The van der Waals surface area contributed by atoms with Gasteiger partial charge < -0.3 is 0 Å². The van der Waals surface area contributed by atoms with E-state index in [9.17, 15) is 26.4 Å². The van der Waals surface area contributed by atoms with Crippen LogP contribution in [0.2, 0.25) is 0 Å². The molecule has 1 rings (SSSR count). The normalized spacial score (nSPS) is 12.6. The third kappa shape index (κ3) is 7.03. The van der Waals surface area contributed by atoms with E-state index in [0.717, 1.165) is 12.1 Å². The highest BCUT2D eigenvalue weighted by atomic mass is 32.2. The molecule has 0 aliphatic heterocycles. The maximum atomic E-state index is 12.6. The fraction of sp³-hybridized carbons (Fsp3) is 0.588. The van der Waals surface area contributed by atoms with E-state index >= 15 is 0 Å². The summed E-state index contributed by atoms with van der Waals surface area (Å²) in [5, 5.41) is -0.403. The van der Waals surface area contributed by atoms with Crippen LogP contribution in [0.1, 0.15) is 50.7 Å². The lowest BCUT2D eigenvalue weighted by Gasteiger charge is -2.09. The van der Waals surface area contributed by atoms with Crippen LogP contribution in [-0.2, 0) is 27.2 Å². The van der Waals surface area contributed by atoms with Crippen molar-refractivity contribution >= 4 is 15.6 Å². The zero-order chi connectivity index (χ0) is 18.4. The number of hydrogen-bond acceptors (Lipinski definition) is 3. The number of sulfone groups is 1. The lowest BCUT2D eigenvalue weighted by Crippen LogP contribution is -2.17. The summed E-state index contributed by atoms with van der Waals surface area (Å²) in [6.07, 6.45) is -2.55. The molecule has 0 fully saturated rings. The third-order valence-electron chi connectivity index (χ3n) is 3.76. The van der Waals surface area contributed by atoms with Crippen molar-refractivity contribution in [3.05, 3.63) is 35.4 Å². The molecule has 0 N–H and O–H groups in total. The van der Waals surface area contributed by atoms with Gasteiger partial charge in [0.15, 0.2) is 9.84 Å². The fourth-order valence-electron chi connectivity index (χ4n) is 2.21. The summed E-state index contributed by atoms with van der Waals surface area (Å²) in [5.41, 5.74) is -0.413. The average Bonchev–Trinajstić information content (AvgIpc) is 2.46. The van der Waals surface area contributed by atoms with Gasteiger partial charge in [-0.3, -0.25) is 4.79 Å². The molecule has 1 aromatic rings. The first-order valence-electron chi connectivity index (χ1n) is 7.92. The summed E-state index contributed by atoms with van der Waals surface area (Å²) in [7, 11) is -3.06. The summed E-state index contributed by atoms with van der Waals surface area (Å²) >= 11 is 0. The van der Waals surface area contributed by atoms with Crippen LogP contribution < -0.4 is 0 Å². The topological polar surface area (TPSA) is 51.2 Å². The molecule has 0 aromatic heterocycles. The Morgan fingerprint density at radius 3 is 2.38 bits per heavy atom. The Morgan fingerprint density at radius 1 is 1.12 bits per heavy atom. The maximum absolute atomic E-state index is 12.6. The summed E-state index contributed by atoms with van der Waals surface area (Å²) in [6, 6.07) is 4.76. The van der Waals surface area contributed by atoms with Crippen LogP contribution in [0.5, 0.6) is 0 Å². The smallest absolute Gasteiger partial charge is 0.299 e. The predicted molar refractivity (Wildman–Crippen MR) is 87.5 cm³/mol. The Balaban J connectivity index is 2.38. The van der Waals surface area contributed by atoms with Crippen molar-refractivity contribution in [2.24, 2.45) is 0 Å². The second-order valence-corrected chi connectivity index (χ2v) is 8.82. The SMILES string of the molecule is CC(C)S(=O)(=O)CCCCCC(=O)Cc1cccc(C(F)(F)F)c1. The van der Waals surface area contributed by atoms with Gasteiger partial charge in [0.1, 0.15) is 5.78 Å². The number of unbranched alkanes of at least 4 members (excludes halogenated alkanes) is 2. The van der Waals surface area contributed by atoms with E-state index in [-0.39, 0.29) is 24.4 Å². The number of halogens is 3. The molecule has 0 amide bonds. The first-order chi connectivity index (χ1) is 11.0. The molecule has 0 atom stereocenters. The van der Waals surface area contributed by atoms with Crippen molar-refractivity contribution in [1.29, 1.82) is 0 Å². The van der Waals surface area contributed by atoms with E-state index in [2.05, 4.69) is 0 Å². The van der Waals surface area contributed by atoms with E-state index in [1.54, 1.807) is 13.8 Å². The van der Waals surface area contributed by atoms with Crippen molar-refractivity contribution in [3.8, 4) is 0 Å². The summed E-state index contributed by atoms with van der Waals surface area (Å²) in [4.78, 5) is 11.8. The molecule has 136 valence electrons. The van der Waals surface area contributed by atoms with Crippen LogP contribution in [0.3, 0.4) is 0 Å². The van der Waals surface area contributed by atoms with Crippen molar-refractivity contribution in [3.63, 3.8) is 0 Å². The number of carbonyl (C=O) groups excluding carboxylic acids is 1. The van der Waals surface area contributed by atoms with Gasteiger partial charge >= 0.3 is 6.18 Å². The second kappa shape index (κ2) is 8.65. The summed E-state index contributed by atoms with van der Waals surface area (Å²) in [5.74, 6) is -0.0343. The molecule has 0 aliphatic carbocycles. The minimum Gasteiger partial charge on any atom is -0.299 e. The molecule has 0 aliphatic rings. The number of ketones is 1.